The summed E-state index contributed by atoms with van der Waals surface area (Å²) in [7, 11) is -3.98. The molecule has 0 N–H and O–H groups in total. The summed E-state index contributed by atoms with van der Waals surface area (Å²) < 4.78 is 33.0. The standard InChI is InChI=1S/C22H22ClNO5S/c1-2-14-24(18-12-10-17(23)11-13-18)30(27,28)19-7-5-6-16(15-19)22(26)29-21-9-4-3-8-20(21)25/h2,5-7,10-13,15,21H,1,3-4,8-9,14H2. The smallest absolute Gasteiger partial charge is 0.338 e. The summed E-state index contributed by atoms with van der Waals surface area (Å²) in [5.74, 6) is -0.813. The molecule has 0 aromatic heterocycles. The van der Waals surface area contributed by atoms with Crippen molar-refractivity contribution in [3.8, 4) is 0 Å². The second kappa shape index (κ2) is 9.45. The van der Waals surface area contributed by atoms with Gasteiger partial charge in [-0.15, -0.1) is 6.58 Å². The summed E-state index contributed by atoms with van der Waals surface area (Å²) in [5, 5.41) is 0.483. The maximum Gasteiger partial charge on any atom is 0.338 e. The zero-order valence-electron chi connectivity index (χ0n) is 16.3. The molecule has 158 valence electrons. The van der Waals surface area contributed by atoms with Gasteiger partial charge in [0, 0.05) is 11.4 Å². The lowest BCUT2D eigenvalue weighted by Crippen LogP contribution is -2.32. The third-order valence-corrected chi connectivity index (χ3v) is 6.86. The van der Waals surface area contributed by atoms with E-state index in [9.17, 15) is 18.0 Å². The lowest BCUT2D eigenvalue weighted by molar-refractivity contribution is -0.129. The minimum atomic E-state index is -3.98. The molecule has 1 unspecified atom stereocenters. The predicted molar refractivity (Wildman–Crippen MR) is 115 cm³/mol. The van der Waals surface area contributed by atoms with Crippen LogP contribution in [0.3, 0.4) is 0 Å². The molecule has 0 aliphatic heterocycles. The number of carbonyl (C=O) groups is 2. The fraction of sp³-hybridized carbons (Fsp3) is 0.273. The van der Waals surface area contributed by atoms with Gasteiger partial charge in [-0.25, -0.2) is 13.2 Å². The lowest BCUT2D eigenvalue weighted by atomic mass is 9.96. The number of carbonyl (C=O) groups excluding carboxylic acids is 2. The normalized spacial score (nSPS) is 16.7. The Labute approximate surface area is 181 Å². The first-order valence-corrected chi connectivity index (χ1v) is 11.4. The van der Waals surface area contributed by atoms with Crippen molar-refractivity contribution in [2.45, 2.75) is 36.7 Å². The van der Waals surface area contributed by atoms with E-state index < -0.39 is 22.1 Å². The zero-order valence-corrected chi connectivity index (χ0v) is 17.9. The van der Waals surface area contributed by atoms with Crippen molar-refractivity contribution in [1.29, 1.82) is 0 Å². The molecular weight excluding hydrogens is 426 g/mol. The van der Waals surface area contributed by atoms with Gasteiger partial charge in [-0.3, -0.25) is 9.10 Å². The number of esters is 1. The first kappa shape index (κ1) is 22.1. The van der Waals surface area contributed by atoms with Gasteiger partial charge in [-0.2, -0.15) is 0 Å². The molecule has 0 saturated heterocycles. The van der Waals surface area contributed by atoms with E-state index in [1.807, 2.05) is 0 Å². The Hall–Kier alpha value is -2.64. The van der Waals surface area contributed by atoms with Crippen LogP contribution in [-0.2, 0) is 19.6 Å². The van der Waals surface area contributed by atoms with E-state index in [0.29, 0.717) is 23.6 Å². The molecule has 1 saturated carbocycles. The number of ketones is 1. The van der Waals surface area contributed by atoms with Crippen LogP contribution in [0.1, 0.15) is 36.0 Å². The molecule has 0 amide bonds. The molecule has 2 aromatic carbocycles. The van der Waals surface area contributed by atoms with Crippen molar-refractivity contribution in [1.82, 2.24) is 0 Å². The number of Topliss-reactive ketones (excluding diaryl/α,β-unsaturated/α-hetero) is 1. The van der Waals surface area contributed by atoms with Crippen LogP contribution in [0.2, 0.25) is 5.02 Å². The summed E-state index contributed by atoms with van der Waals surface area (Å²) in [5.41, 5.74) is 0.490. The first-order chi connectivity index (χ1) is 14.3. The third-order valence-electron chi connectivity index (χ3n) is 4.82. The maximum atomic E-state index is 13.3. The van der Waals surface area contributed by atoms with Gasteiger partial charge >= 0.3 is 5.97 Å². The highest BCUT2D eigenvalue weighted by molar-refractivity contribution is 7.92. The molecule has 1 aliphatic rings. The van der Waals surface area contributed by atoms with Crippen molar-refractivity contribution in [3.05, 3.63) is 71.8 Å². The number of sulfonamides is 1. The topological polar surface area (TPSA) is 80.8 Å². The molecule has 8 heteroatoms. The summed E-state index contributed by atoms with van der Waals surface area (Å²) in [6.07, 6.45) is 3.20. The van der Waals surface area contributed by atoms with E-state index in [-0.39, 0.29) is 22.8 Å². The predicted octanol–water partition coefficient (Wildman–Crippen LogP) is 4.39. The Bertz CT molecular complexity index is 1050. The van der Waals surface area contributed by atoms with Crippen LogP contribution < -0.4 is 4.31 Å². The fourth-order valence-electron chi connectivity index (χ4n) is 3.25. The second-order valence-corrected chi connectivity index (χ2v) is 9.23. The monoisotopic (exact) mass is 447 g/mol. The number of ether oxygens (including phenoxy) is 1. The SMILES string of the molecule is C=CCN(c1ccc(Cl)cc1)S(=O)(=O)c1cccc(C(=O)OC2CCCCC2=O)c1. The Morgan fingerprint density at radius 3 is 2.60 bits per heavy atom. The molecule has 30 heavy (non-hydrogen) atoms. The molecular formula is C22H22ClNO5S. The highest BCUT2D eigenvalue weighted by Crippen LogP contribution is 2.26. The molecule has 1 aliphatic carbocycles. The molecule has 0 bridgehead atoms. The largest absolute Gasteiger partial charge is 0.451 e. The second-order valence-electron chi connectivity index (χ2n) is 6.94. The van der Waals surface area contributed by atoms with Gasteiger partial charge in [0.15, 0.2) is 11.9 Å². The van der Waals surface area contributed by atoms with E-state index >= 15 is 0 Å². The Morgan fingerprint density at radius 2 is 1.93 bits per heavy atom. The number of hydrogen-bond acceptors (Lipinski definition) is 5. The van der Waals surface area contributed by atoms with Gasteiger partial charge in [-0.05, 0) is 61.7 Å². The van der Waals surface area contributed by atoms with E-state index in [1.54, 1.807) is 24.3 Å². The summed E-state index contributed by atoms with van der Waals surface area (Å²) in [6.45, 7) is 3.67. The molecule has 0 radical (unpaired) electrons. The third kappa shape index (κ3) is 4.91. The van der Waals surface area contributed by atoms with E-state index in [0.717, 1.165) is 12.8 Å². The molecule has 3 rings (SSSR count). The quantitative estimate of drug-likeness (QED) is 0.464. The number of nitrogens with zero attached hydrogens (tertiary/aromatic N) is 1. The Balaban J connectivity index is 1.88. The van der Waals surface area contributed by atoms with Crippen molar-refractivity contribution in [3.63, 3.8) is 0 Å². The van der Waals surface area contributed by atoms with E-state index in [4.69, 9.17) is 16.3 Å². The van der Waals surface area contributed by atoms with E-state index in [1.165, 1.54) is 34.6 Å². The van der Waals surface area contributed by atoms with Crippen molar-refractivity contribution in [2.75, 3.05) is 10.8 Å². The summed E-state index contributed by atoms with van der Waals surface area (Å²) in [4.78, 5) is 24.4. The molecule has 0 spiro atoms. The van der Waals surface area contributed by atoms with Crippen LogP contribution in [0.25, 0.3) is 0 Å². The summed E-state index contributed by atoms with van der Waals surface area (Å²) >= 11 is 5.91. The summed E-state index contributed by atoms with van der Waals surface area (Å²) in [6, 6.07) is 12.0. The average molecular weight is 448 g/mol. The van der Waals surface area contributed by atoms with Gasteiger partial charge in [0.2, 0.25) is 0 Å². The van der Waals surface area contributed by atoms with Crippen molar-refractivity contribution >= 4 is 39.1 Å². The fourth-order valence-corrected chi connectivity index (χ4v) is 4.86. The Kier molecular flexibility index (Phi) is 6.95. The average Bonchev–Trinajstić information content (AvgIpc) is 2.74. The molecule has 1 atom stereocenters. The van der Waals surface area contributed by atoms with E-state index in [2.05, 4.69) is 6.58 Å². The molecule has 6 nitrogen and oxygen atoms in total. The van der Waals surface area contributed by atoms with Gasteiger partial charge in [0.05, 0.1) is 22.7 Å². The minimum Gasteiger partial charge on any atom is -0.451 e. The van der Waals surface area contributed by atoms with Gasteiger partial charge < -0.3 is 4.74 Å². The van der Waals surface area contributed by atoms with Crippen LogP contribution in [0.15, 0.2) is 66.1 Å². The first-order valence-electron chi connectivity index (χ1n) is 9.56. The number of rotatable bonds is 7. The van der Waals surface area contributed by atoms with Crippen molar-refractivity contribution in [2.24, 2.45) is 0 Å². The molecule has 2 aromatic rings. The highest BCUT2D eigenvalue weighted by Gasteiger charge is 2.28. The van der Waals surface area contributed by atoms with Crippen LogP contribution >= 0.6 is 11.6 Å². The van der Waals surface area contributed by atoms with Crippen LogP contribution in [0, 0.1) is 0 Å². The van der Waals surface area contributed by atoms with Crippen LogP contribution in [0.5, 0.6) is 0 Å². The van der Waals surface area contributed by atoms with Gasteiger partial charge in [-0.1, -0.05) is 23.7 Å². The van der Waals surface area contributed by atoms with Crippen LogP contribution in [-0.4, -0.2) is 32.8 Å². The number of anilines is 1. The highest BCUT2D eigenvalue weighted by atomic mass is 35.5. The number of halogens is 1. The Morgan fingerprint density at radius 1 is 1.20 bits per heavy atom. The van der Waals surface area contributed by atoms with Crippen molar-refractivity contribution < 1.29 is 22.7 Å². The molecule has 1 fully saturated rings. The lowest BCUT2D eigenvalue weighted by Gasteiger charge is -2.24. The zero-order chi connectivity index (χ0) is 21.7. The number of hydrogen-bond donors (Lipinski definition) is 0. The van der Waals surface area contributed by atoms with Crippen LogP contribution in [0.4, 0.5) is 5.69 Å². The van der Waals surface area contributed by atoms with Gasteiger partial charge in [0.25, 0.3) is 10.0 Å². The number of benzene rings is 2. The maximum absolute atomic E-state index is 13.3. The minimum absolute atomic E-state index is 0.0369. The van der Waals surface area contributed by atoms with Gasteiger partial charge in [0.1, 0.15) is 0 Å². The molecule has 0 heterocycles.